The average molecular weight is 323 g/mol. The van der Waals surface area contributed by atoms with Crippen LogP contribution < -0.4 is 4.90 Å². The summed E-state index contributed by atoms with van der Waals surface area (Å²) in [6.45, 7) is 6.23. The number of nitrogens with zero attached hydrogens (tertiary/aromatic N) is 1. The Morgan fingerprint density at radius 2 is 1.87 bits per heavy atom. The van der Waals surface area contributed by atoms with Crippen LogP contribution in [0.5, 0.6) is 0 Å². The number of carboxylic acids is 1. The molecule has 1 N–H and O–H groups in total. The summed E-state index contributed by atoms with van der Waals surface area (Å²) >= 11 is 0. The number of hydrogen-bond acceptors (Lipinski definition) is 4. The second-order valence-electron chi connectivity index (χ2n) is 6.77. The van der Waals surface area contributed by atoms with Gasteiger partial charge in [0.1, 0.15) is 11.4 Å². The first-order valence-electron chi connectivity index (χ1n) is 7.68. The quantitative estimate of drug-likeness (QED) is 0.866. The molecule has 0 amide bonds. The number of piperidine rings is 1. The van der Waals surface area contributed by atoms with Crippen LogP contribution in [0.25, 0.3) is 0 Å². The van der Waals surface area contributed by atoms with Gasteiger partial charge in [-0.1, -0.05) is 0 Å². The van der Waals surface area contributed by atoms with E-state index in [9.17, 15) is 14.0 Å². The highest BCUT2D eigenvalue weighted by Crippen LogP contribution is 2.27. The zero-order chi connectivity index (χ0) is 17.2. The number of benzene rings is 1. The summed E-state index contributed by atoms with van der Waals surface area (Å²) < 4.78 is 19.5. The summed E-state index contributed by atoms with van der Waals surface area (Å²) in [6, 6.07) is 4.26. The molecule has 0 aliphatic carbocycles. The van der Waals surface area contributed by atoms with E-state index in [1.54, 1.807) is 26.8 Å². The molecule has 23 heavy (non-hydrogen) atoms. The Bertz CT molecular complexity index is 601. The number of anilines is 1. The molecule has 0 saturated carbocycles. The van der Waals surface area contributed by atoms with E-state index in [1.807, 2.05) is 4.90 Å². The molecule has 1 aliphatic rings. The monoisotopic (exact) mass is 323 g/mol. The van der Waals surface area contributed by atoms with Crippen molar-refractivity contribution >= 4 is 17.6 Å². The lowest BCUT2D eigenvalue weighted by Gasteiger charge is -2.32. The molecule has 1 aromatic rings. The van der Waals surface area contributed by atoms with E-state index in [0.717, 1.165) is 0 Å². The number of esters is 1. The lowest BCUT2D eigenvalue weighted by atomic mass is 9.96. The number of aliphatic carboxylic acids is 1. The maximum atomic E-state index is 14.3. The van der Waals surface area contributed by atoms with Gasteiger partial charge in [0.25, 0.3) is 0 Å². The van der Waals surface area contributed by atoms with Gasteiger partial charge in [-0.05, 0) is 51.8 Å². The summed E-state index contributed by atoms with van der Waals surface area (Å²) in [6.07, 6.45) is 0.977. The summed E-state index contributed by atoms with van der Waals surface area (Å²) in [5.41, 5.74) is -0.0759. The van der Waals surface area contributed by atoms with Gasteiger partial charge in [-0.15, -0.1) is 0 Å². The van der Waals surface area contributed by atoms with Crippen molar-refractivity contribution in [1.29, 1.82) is 0 Å². The molecule has 2 rings (SSSR count). The number of hydrogen-bond donors (Lipinski definition) is 1. The molecular weight excluding hydrogens is 301 g/mol. The minimum atomic E-state index is -0.801. The first kappa shape index (κ1) is 17.2. The fourth-order valence-electron chi connectivity index (χ4n) is 2.59. The van der Waals surface area contributed by atoms with E-state index in [-0.39, 0.29) is 11.5 Å². The van der Waals surface area contributed by atoms with Crippen molar-refractivity contribution in [2.45, 2.75) is 39.2 Å². The van der Waals surface area contributed by atoms with Gasteiger partial charge >= 0.3 is 11.9 Å². The minimum Gasteiger partial charge on any atom is -0.481 e. The molecule has 0 spiro atoms. The van der Waals surface area contributed by atoms with Gasteiger partial charge in [0, 0.05) is 13.1 Å². The highest BCUT2D eigenvalue weighted by Gasteiger charge is 2.26. The standard InChI is InChI=1S/C17H22FNO4/c1-17(2,3)23-16(22)12-4-5-14(13(18)10-12)19-8-6-11(7-9-19)15(20)21/h4-5,10-11H,6-9H2,1-3H3,(H,20,21). The number of carbonyl (C=O) groups is 2. The molecule has 0 atom stereocenters. The van der Waals surface area contributed by atoms with Gasteiger partial charge in [-0.3, -0.25) is 4.79 Å². The topological polar surface area (TPSA) is 66.8 Å². The molecule has 1 saturated heterocycles. The molecule has 0 radical (unpaired) electrons. The van der Waals surface area contributed by atoms with Gasteiger partial charge in [-0.2, -0.15) is 0 Å². The van der Waals surface area contributed by atoms with Crippen LogP contribution in [0.2, 0.25) is 0 Å². The van der Waals surface area contributed by atoms with E-state index in [4.69, 9.17) is 9.84 Å². The van der Waals surface area contributed by atoms with Crippen molar-refractivity contribution in [3.63, 3.8) is 0 Å². The molecular formula is C17H22FNO4. The van der Waals surface area contributed by atoms with Crippen LogP contribution in [0, 0.1) is 11.7 Å². The molecule has 0 aromatic heterocycles. The summed E-state index contributed by atoms with van der Waals surface area (Å²) in [7, 11) is 0. The third-order valence-corrected chi connectivity index (χ3v) is 3.77. The Kier molecular flexibility index (Phi) is 4.92. The number of rotatable bonds is 3. The van der Waals surface area contributed by atoms with Crippen LogP contribution in [0.3, 0.4) is 0 Å². The fourth-order valence-corrected chi connectivity index (χ4v) is 2.59. The van der Waals surface area contributed by atoms with E-state index in [1.165, 1.54) is 12.1 Å². The zero-order valence-electron chi connectivity index (χ0n) is 13.6. The lowest BCUT2D eigenvalue weighted by molar-refractivity contribution is -0.142. The van der Waals surface area contributed by atoms with Gasteiger partial charge in [0.2, 0.25) is 0 Å². The van der Waals surface area contributed by atoms with Crippen molar-refractivity contribution < 1.29 is 23.8 Å². The highest BCUT2D eigenvalue weighted by molar-refractivity contribution is 5.90. The number of carbonyl (C=O) groups excluding carboxylic acids is 1. The number of carboxylic acid groups (broad SMARTS) is 1. The molecule has 1 fully saturated rings. The Morgan fingerprint density at radius 3 is 2.35 bits per heavy atom. The van der Waals surface area contributed by atoms with Crippen molar-refractivity contribution in [1.82, 2.24) is 0 Å². The lowest BCUT2D eigenvalue weighted by Crippen LogP contribution is -2.36. The molecule has 1 aliphatic heterocycles. The van der Waals surface area contributed by atoms with E-state index < -0.39 is 23.4 Å². The van der Waals surface area contributed by atoms with Crippen LogP contribution in [-0.4, -0.2) is 35.7 Å². The van der Waals surface area contributed by atoms with Crippen molar-refractivity contribution in [2.75, 3.05) is 18.0 Å². The normalized spacial score (nSPS) is 16.3. The Labute approximate surface area is 135 Å². The first-order valence-corrected chi connectivity index (χ1v) is 7.68. The summed E-state index contributed by atoms with van der Waals surface area (Å²) in [5.74, 6) is -2.23. The maximum Gasteiger partial charge on any atom is 0.338 e. The second-order valence-corrected chi connectivity index (χ2v) is 6.77. The molecule has 6 heteroatoms. The van der Waals surface area contributed by atoms with E-state index >= 15 is 0 Å². The molecule has 1 aromatic carbocycles. The zero-order valence-corrected chi connectivity index (χ0v) is 13.6. The third-order valence-electron chi connectivity index (χ3n) is 3.77. The molecule has 1 heterocycles. The molecule has 126 valence electrons. The van der Waals surface area contributed by atoms with E-state index in [0.29, 0.717) is 31.6 Å². The predicted molar refractivity (Wildman–Crippen MR) is 84.1 cm³/mol. The largest absolute Gasteiger partial charge is 0.481 e. The predicted octanol–water partition coefficient (Wildman–Crippen LogP) is 3.08. The second kappa shape index (κ2) is 6.56. The van der Waals surface area contributed by atoms with Crippen LogP contribution in [0.1, 0.15) is 44.0 Å². The third kappa shape index (κ3) is 4.43. The highest BCUT2D eigenvalue weighted by atomic mass is 19.1. The van der Waals surface area contributed by atoms with Gasteiger partial charge < -0.3 is 14.7 Å². The van der Waals surface area contributed by atoms with Gasteiger partial charge in [0.05, 0.1) is 17.2 Å². The Morgan fingerprint density at radius 1 is 1.26 bits per heavy atom. The molecule has 0 unspecified atom stereocenters. The number of ether oxygens (including phenoxy) is 1. The average Bonchev–Trinajstić information content (AvgIpc) is 2.45. The van der Waals surface area contributed by atoms with Gasteiger partial charge in [0.15, 0.2) is 0 Å². The fraction of sp³-hybridized carbons (Fsp3) is 0.529. The van der Waals surface area contributed by atoms with Gasteiger partial charge in [-0.25, -0.2) is 9.18 Å². The van der Waals surface area contributed by atoms with Crippen molar-refractivity contribution in [3.05, 3.63) is 29.6 Å². The Hall–Kier alpha value is -2.11. The first-order chi connectivity index (χ1) is 10.7. The van der Waals surface area contributed by atoms with Crippen LogP contribution in [0.4, 0.5) is 10.1 Å². The Balaban J connectivity index is 2.08. The summed E-state index contributed by atoms with van der Waals surface area (Å²) in [4.78, 5) is 24.7. The maximum absolute atomic E-state index is 14.3. The van der Waals surface area contributed by atoms with E-state index in [2.05, 4.69) is 0 Å². The van der Waals surface area contributed by atoms with Crippen LogP contribution >= 0.6 is 0 Å². The van der Waals surface area contributed by atoms with Crippen LogP contribution in [-0.2, 0) is 9.53 Å². The SMILES string of the molecule is CC(C)(C)OC(=O)c1ccc(N2CCC(C(=O)O)CC2)c(F)c1. The van der Waals surface area contributed by atoms with Crippen molar-refractivity contribution in [2.24, 2.45) is 5.92 Å². The van der Waals surface area contributed by atoms with Crippen molar-refractivity contribution in [3.8, 4) is 0 Å². The van der Waals surface area contributed by atoms with Crippen LogP contribution in [0.15, 0.2) is 18.2 Å². The number of halogens is 1. The smallest absolute Gasteiger partial charge is 0.338 e. The minimum absolute atomic E-state index is 0.168. The summed E-state index contributed by atoms with van der Waals surface area (Å²) in [5, 5.41) is 9.00. The molecule has 0 bridgehead atoms. The molecule has 5 nitrogen and oxygen atoms in total.